The summed E-state index contributed by atoms with van der Waals surface area (Å²) in [6.45, 7) is 3.92. The molecule has 16 heavy (non-hydrogen) atoms. The van der Waals surface area contributed by atoms with E-state index in [0.29, 0.717) is 5.75 Å². The van der Waals surface area contributed by atoms with Gasteiger partial charge in [-0.05, 0) is 25.5 Å². The van der Waals surface area contributed by atoms with Crippen molar-refractivity contribution < 1.29 is 9.53 Å². The van der Waals surface area contributed by atoms with Gasteiger partial charge in [0.05, 0.1) is 0 Å². The molecule has 1 N–H and O–H groups in total. The number of ether oxygens (including phenoxy) is 1. The van der Waals surface area contributed by atoms with Gasteiger partial charge in [0, 0.05) is 6.21 Å². The summed E-state index contributed by atoms with van der Waals surface area (Å²) in [5.74, 6) is 0.422. The van der Waals surface area contributed by atoms with Gasteiger partial charge in [-0.1, -0.05) is 24.6 Å². The van der Waals surface area contributed by atoms with Gasteiger partial charge < -0.3 is 4.74 Å². The number of hydrazone groups is 1. The molecule has 0 heterocycles. The molecule has 0 aliphatic rings. The highest BCUT2D eigenvalue weighted by molar-refractivity contribution is 5.78. The first-order valence-corrected chi connectivity index (χ1v) is 5.22. The van der Waals surface area contributed by atoms with E-state index in [4.69, 9.17) is 4.74 Å². The van der Waals surface area contributed by atoms with Gasteiger partial charge in [-0.15, -0.1) is 0 Å². The predicted octanol–water partition coefficient (Wildman–Crippen LogP) is 1.89. The topological polar surface area (TPSA) is 50.7 Å². The average molecular weight is 220 g/mol. The lowest BCUT2D eigenvalue weighted by Gasteiger charge is -2.04. The Morgan fingerprint density at radius 1 is 1.44 bits per heavy atom. The van der Waals surface area contributed by atoms with Gasteiger partial charge in [-0.2, -0.15) is 5.10 Å². The zero-order valence-electron chi connectivity index (χ0n) is 9.56. The van der Waals surface area contributed by atoms with E-state index in [9.17, 15) is 4.79 Å². The van der Waals surface area contributed by atoms with Crippen LogP contribution in [-0.4, -0.2) is 18.7 Å². The van der Waals surface area contributed by atoms with Crippen molar-refractivity contribution in [2.24, 2.45) is 5.10 Å². The van der Waals surface area contributed by atoms with E-state index in [1.807, 2.05) is 38.1 Å². The summed E-state index contributed by atoms with van der Waals surface area (Å²) >= 11 is 0. The van der Waals surface area contributed by atoms with Crippen molar-refractivity contribution in [2.75, 3.05) is 6.61 Å². The summed E-state index contributed by atoms with van der Waals surface area (Å²) < 4.78 is 5.27. The van der Waals surface area contributed by atoms with Crippen LogP contribution in [0.2, 0.25) is 0 Å². The number of aryl methyl sites for hydroxylation is 1. The third-order valence-electron chi connectivity index (χ3n) is 1.85. The molecule has 86 valence electrons. The molecule has 0 fully saturated rings. The number of benzene rings is 1. The molecule has 0 bridgehead atoms. The minimum absolute atomic E-state index is 0.0237. The Morgan fingerprint density at radius 3 is 2.75 bits per heavy atom. The first kappa shape index (κ1) is 12.2. The molecule has 0 aliphatic heterocycles. The third kappa shape index (κ3) is 4.59. The van der Waals surface area contributed by atoms with Crippen LogP contribution >= 0.6 is 0 Å². The van der Waals surface area contributed by atoms with Crippen LogP contribution in [0.25, 0.3) is 0 Å². The molecule has 0 aromatic heterocycles. The van der Waals surface area contributed by atoms with Crippen LogP contribution in [0.3, 0.4) is 0 Å². The quantitative estimate of drug-likeness (QED) is 0.608. The van der Waals surface area contributed by atoms with Crippen LogP contribution in [0, 0.1) is 6.92 Å². The zero-order valence-corrected chi connectivity index (χ0v) is 9.56. The Labute approximate surface area is 95.3 Å². The van der Waals surface area contributed by atoms with Crippen LogP contribution in [-0.2, 0) is 4.79 Å². The number of hydrogen-bond acceptors (Lipinski definition) is 3. The molecule has 4 nitrogen and oxygen atoms in total. The molecule has 1 aromatic rings. The normalized spacial score (nSPS) is 10.4. The van der Waals surface area contributed by atoms with E-state index in [2.05, 4.69) is 10.5 Å². The molecular formula is C12H16N2O2. The number of rotatable bonds is 5. The van der Waals surface area contributed by atoms with Gasteiger partial charge in [0.1, 0.15) is 5.75 Å². The highest BCUT2D eigenvalue weighted by Gasteiger charge is 2.00. The van der Waals surface area contributed by atoms with E-state index in [1.54, 1.807) is 6.21 Å². The van der Waals surface area contributed by atoms with Crippen LogP contribution in [0.5, 0.6) is 5.75 Å². The Balaban J connectivity index is 2.31. The van der Waals surface area contributed by atoms with Crippen LogP contribution in [0.1, 0.15) is 18.9 Å². The second-order valence-electron chi connectivity index (χ2n) is 3.36. The molecule has 0 spiro atoms. The fourth-order valence-electron chi connectivity index (χ4n) is 1.02. The number of amides is 1. The summed E-state index contributed by atoms with van der Waals surface area (Å²) in [6, 6.07) is 7.53. The number of carbonyl (C=O) groups is 1. The first-order chi connectivity index (χ1) is 7.72. The summed E-state index contributed by atoms with van der Waals surface area (Å²) in [5, 5.41) is 3.71. The summed E-state index contributed by atoms with van der Waals surface area (Å²) in [6.07, 6.45) is 2.42. The molecule has 0 aliphatic carbocycles. The third-order valence-corrected chi connectivity index (χ3v) is 1.85. The largest absolute Gasteiger partial charge is 0.484 e. The SMILES string of the molecule is CC/C=N/NC(=O)COc1ccc(C)cc1. The van der Waals surface area contributed by atoms with Gasteiger partial charge >= 0.3 is 0 Å². The van der Waals surface area contributed by atoms with Gasteiger partial charge in [-0.25, -0.2) is 5.43 Å². The Morgan fingerprint density at radius 2 is 2.12 bits per heavy atom. The maximum atomic E-state index is 11.2. The second kappa shape index (κ2) is 6.61. The highest BCUT2D eigenvalue weighted by atomic mass is 16.5. The average Bonchev–Trinajstić information content (AvgIpc) is 2.29. The fraction of sp³-hybridized carbons (Fsp3) is 0.333. The highest BCUT2D eigenvalue weighted by Crippen LogP contribution is 2.10. The van der Waals surface area contributed by atoms with Crippen LogP contribution in [0.4, 0.5) is 0 Å². The van der Waals surface area contributed by atoms with E-state index >= 15 is 0 Å². The van der Waals surface area contributed by atoms with Crippen molar-refractivity contribution in [3.05, 3.63) is 29.8 Å². The predicted molar refractivity (Wildman–Crippen MR) is 63.6 cm³/mol. The van der Waals surface area contributed by atoms with Gasteiger partial charge in [0.2, 0.25) is 0 Å². The summed E-state index contributed by atoms with van der Waals surface area (Å²) in [4.78, 5) is 11.2. The van der Waals surface area contributed by atoms with Gasteiger partial charge in [0.15, 0.2) is 6.61 Å². The molecule has 1 amide bonds. The molecular weight excluding hydrogens is 204 g/mol. The van der Waals surface area contributed by atoms with Crippen molar-refractivity contribution in [1.82, 2.24) is 5.43 Å². The second-order valence-corrected chi connectivity index (χ2v) is 3.36. The minimum atomic E-state index is -0.259. The van der Waals surface area contributed by atoms with Crippen molar-refractivity contribution in [1.29, 1.82) is 0 Å². The maximum Gasteiger partial charge on any atom is 0.277 e. The number of hydrogen-bond donors (Lipinski definition) is 1. The molecule has 1 rings (SSSR count). The van der Waals surface area contributed by atoms with E-state index < -0.39 is 0 Å². The number of nitrogens with zero attached hydrogens (tertiary/aromatic N) is 1. The number of carbonyl (C=O) groups excluding carboxylic acids is 1. The zero-order chi connectivity index (χ0) is 11.8. The van der Waals surface area contributed by atoms with E-state index in [1.165, 1.54) is 0 Å². The molecule has 0 saturated carbocycles. The monoisotopic (exact) mass is 220 g/mol. The maximum absolute atomic E-state index is 11.2. The van der Waals surface area contributed by atoms with Crippen molar-refractivity contribution in [3.8, 4) is 5.75 Å². The number of nitrogens with one attached hydrogen (secondary N) is 1. The van der Waals surface area contributed by atoms with Crippen molar-refractivity contribution in [3.63, 3.8) is 0 Å². The van der Waals surface area contributed by atoms with Gasteiger partial charge in [-0.3, -0.25) is 4.79 Å². The fourth-order valence-corrected chi connectivity index (χ4v) is 1.02. The molecule has 4 heteroatoms. The van der Waals surface area contributed by atoms with Crippen LogP contribution in [0.15, 0.2) is 29.4 Å². The lowest BCUT2D eigenvalue weighted by atomic mass is 10.2. The van der Waals surface area contributed by atoms with E-state index in [-0.39, 0.29) is 12.5 Å². The van der Waals surface area contributed by atoms with Crippen molar-refractivity contribution >= 4 is 12.1 Å². The lowest BCUT2D eigenvalue weighted by Crippen LogP contribution is -2.24. The molecule has 1 aromatic carbocycles. The van der Waals surface area contributed by atoms with Crippen LogP contribution < -0.4 is 10.2 Å². The van der Waals surface area contributed by atoms with Crippen molar-refractivity contribution in [2.45, 2.75) is 20.3 Å². The molecule has 0 unspecified atom stereocenters. The minimum Gasteiger partial charge on any atom is -0.484 e. The standard InChI is InChI=1S/C12H16N2O2/c1-3-8-13-14-12(15)9-16-11-6-4-10(2)5-7-11/h4-8H,3,9H2,1-2H3,(H,14,15)/b13-8+. The lowest BCUT2D eigenvalue weighted by molar-refractivity contribution is -0.123. The first-order valence-electron chi connectivity index (χ1n) is 5.22. The Hall–Kier alpha value is -1.84. The summed E-state index contributed by atoms with van der Waals surface area (Å²) in [7, 11) is 0. The molecule has 0 saturated heterocycles. The Bertz CT molecular complexity index is 358. The molecule has 0 radical (unpaired) electrons. The molecule has 0 atom stereocenters. The summed E-state index contributed by atoms with van der Waals surface area (Å²) in [5.41, 5.74) is 3.53. The van der Waals surface area contributed by atoms with Gasteiger partial charge in [0.25, 0.3) is 5.91 Å². The van der Waals surface area contributed by atoms with E-state index in [0.717, 1.165) is 12.0 Å². The Kier molecular flexibility index (Phi) is 5.05. The smallest absolute Gasteiger partial charge is 0.277 e.